The Bertz CT molecular complexity index is 353. The molecule has 1 amide bonds. The number of nitrogens with one attached hydrogen (secondary N) is 2. The number of anilines is 1. The lowest BCUT2D eigenvalue weighted by molar-refractivity contribution is 0.0929. The first kappa shape index (κ1) is 13.4. The van der Waals surface area contributed by atoms with Crippen LogP contribution in [-0.2, 0) is 4.74 Å². The number of hydrogen-bond acceptors (Lipinski definition) is 5. The number of amides is 1. The van der Waals surface area contributed by atoms with Gasteiger partial charge in [0.2, 0.25) is 0 Å². The van der Waals surface area contributed by atoms with E-state index in [4.69, 9.17) is 10.6 Å². The zero-order chi connectivity index (χ0) is 12.7. The van der Waals surface area contributed by atoms with Crippen molar-refractivity contribution in [2.45, 2.75) is 19.4 Å². The summed E-state index contributed by atoms with van der Waals surface area (Å²) < 4.78 is 4.94. The van der Waals surface area contributed by atoms with Gasteiger partial charge in [-0.25, -0.2) is 10.8 Å². The third-order valence-electron chi connectivity index (χ3n) is 2.31. The zero-order valence-corrected chi connectivity index (χ0v) is 10.1. The maximum absolute atomic E-state index is 11.8. The Morgan fingerprint density at radius 1 is 1.59 bits per heavy atom. The summed E-state index contributed by atoms with van der Waals surface area (Å²) in [5.74, 6) is 5.56. The molecule has 1 atom stereocenters. The Morgan fingerprint density at radius 3 is 2.88 bits per heavy atom. The van der Waals surface area contributed by atoms with Crippen LogP contribution in [0.1, 0.15) is 23.7 Å². The SMILES string of the molecule is COCCC(C)NC(=O)c1ccc(NN)nc1. The first-order valence-electron chi connectivity index (χ1n) is 5.40. The molecule has 1 aromatic heterocycles. The van der Waals surface area contributed by atoms with E-state index in [0.717, 1.165) is 6.42 Å². The molecular weight excluding hydrogens is 220 g/mol. The molecule has 0 aliphatic heterocycles. The Hall–Kier alpha value is -1.66. The van der Waals surface area contributed by atoms with Crippen molar-refractivity contribution in [2.24, 2.45) is 5.84 Å². The van der Waals surface area contributed by atoms with Gasteiger partial charge < -0.3 is 15.5 Å². The van der Waals surface area contributed by atoms with Gasteiger partial charge in [0, 0.05) is 26.0 Å². The second-order valence-electron chi connectivity index (χ2n) is 3.73. The molecule has 0 saturated carbocycles. The summed E-state index contributed by atoms with van der Waals surface area (Å²) in [6.45, 7) is 2.55. The van der Waals surface area contributed by atoms with E-state index in [0.29, 0.717) is 18.0 Å². The van der Waals surface area contributed by atoms with Crippen LogP contribution in [0.25, 0.3) is 0 Å². The Labute approximate surface area is 101 Å². The lowest BCUT2D eigenvalue weighted by Gasteiger charge is -2.13. The van der Waals surface area contributed by atoms with Gasteiger partial charge in [-0.05, 0) is 25.5 Å². The topological polar surface area (TPSA) is 89.3 Å². The number of carbonyl (C=O) groups is 1. The highest BCUT2D eigenvalue weighted by atomic mass is 16.5. The van der Waals surface area contributed by atoms with Crippen LogP contribution in [0.3, 0.4) is 0 Å². The van der Waals surface area contributed by atoms with Crippen LogP contribution in [0, 0.1) is 0 Å². The number of hydrazine groups is 1. The Balaban J connectivity index is 2.51. The molecule has 0 aliphatic rings. The summed E-state index contributed by atoms with van der Waals surface area (Å²) in [6, 6.07) is 3.38. The molecule has 0 radical (unpaired) electrons. The van der Waals surface area contributed by atoms with E-state index < -0.39 is 0 Å². The molecule has 6 nitrogen and oxygen atoms in total. The maximum atomic E-state index is 11.8. The molecular formula is C11H18N4O2. The van der Waals surface area contributed by atoms with Gasteiger partial charge in [-0.15, -0.1) is 0 Å². The van der Waals surface area contributed by atoms with Gasteiger partial charge in [0.05, 0.1) is 5.56 Å². The lowest BCUT2D eigenvalue weighted by atomic mass is 10.2. The molecule has 4 N–H and O–H groups in total. The van der Waals surface area contributed by atoms with E-state index >= 15 is 0 Å². The van der Waals surface area contributed by atoms with E-state index in [9.17, 15) is 4.79 Å². The van der Waals surface area contributed by atoms with E-state index in [1.54, 1.807) is 19.2 Å². The molecule has 1 aromatic rings. The van der Waals surface area contributed by atoms with Gasteiger partial charge in [-0.3, -0.25) is 4.79 Å². The molecule has 94 valence electrons. The molecule has 0 spiro atoms. The minimum atomic E-state index is -0.148. The fraction of sp³-hybridized carbons (Fsp3) is 0.455. The summed E-state index contributed by atoms with van der Waals surface area (Å²) in [5, 5.41) is 2.86. The Morgan fingerprint density at radius 2 is 2.35 bits per heavy atom. The second-order valence-corrected chi connectivity index (χ2v) is 3.73. The molecule has 1 unspecified atom stereocenters. The van der Waals surface area contributed by atoms with Crippen molar-refractivity contribution in [2.75, 3.05) is 19.1 Å². The maximum Gasteiger partial charge on any atom is 0.253 e. The summed E-state index contributed by atoms with van der Waals surface area (Å²) in [4.78, 5) is 15.7. The van der Waals surface area contributed by atoms with Crippen LogP contribution in [0.4, 0.5) is 5.82 Å². The van der Waals surface area contributed by atoms with Gasteiger partial charge in [0.1, 0.15) is 5.82 Å². The number of nitrogen functional groups attached to an aromatic ring is 1. The van der Waals surface area contributed by atoms with Crippen molar-refractivity contribution < 1.29 is 9.53 Å². The van der Waals surface area contributed by atoms with Crippen LogP contribution in [0.5, 0.6) is 0 Å². The Kier molecular flexibility index (Phi) is 5.38. The average molecular weight is 238 g/mol. The highest BCUT2D eigenvalue weighted by molar-refractivity contribution is 5.94. The number of methoxy groups -OCH3 is 1. The average Bonchev–Trinajstić information content (AvgIpc) is 2.36. The number of nitrogens with two attached hydrogens (primary N) is 1. The van der Waals surface area contributed by atoms with Crippen LogP contribution < -0.4 is 16.6 Å². The molecule has 0 aliphatic carbocycles. The number of aromatic nitrogens is 1. The predicted octanol–water partition coefficient (Wildman–Crippen LogP) is 0.522. The fourth-order valence-electron chi connectivity index (χ4n) is 1.29. The standard InChI is InChI=1S/C11H18N4O2/c1-8(5-6-17-2)14-11(16)9-3-4-10(15-12)13-7-9/h3-4,7-8H,5-6,12H2,1-2H3,(H,13,15)(H,14,16). The van der Waals surface area contributed by atoms with Crippen molar-refractivity contribution in [3.63, 3.8) is 0 Å². The predicted molar refractivity (Wildman–Crippen MR) is 65.5 cm³/mol. The molecule has 17 heavy (non-hydrogen) atoms. The van der Waals surface area contributed by atoms with Gasteiger partial charge in [0.15, 0.2) is 0 Å². The largest absolute Gasteiger partial charge is 0.385 e. The number of rotatable bonds is 6. The molecule has 0 saturated heterocycles. The summed E-state index contributed by atoms with van der Waals surface area (Å²) in [6.07, 6.45) is 2.26. The van der Waals surface area contributed by atoms with Crippen LogP contribution >= 0.6 is 0 Å². The van der Waals surface area contributed by atoms with Gasteiger partial charge in [0.25, 0.3) is 5.91 Å². The third kappa shape index (κ3) is 4.38. The zero-order valence-electron chi connectivity index (χ0n) is 10.1. The number of ether oxygens (including phenoxy) is 1. The third-order valence-corrected chi connectivity index (χ3v) is 2.31. The van der Waals surface area contributed by atoms with E-state index in [1.807, 2.05) is 6.92 Å². The molecule has 0 bridgehead atoms. The number of nitrogens with zero attached hydrogens (tertiary/aromatic N) is 1. The highest BCUT2D eigenvalue weighted by Crippen LogP contribution is 2.04. The summed E-state index contributed by atoms with van der Waals surface area (Å²) >= 11 is 0. The molecule has 1 rings (SSSR count). The van der Waals surface area contributed by atoms with Crippen molar-refractivity contribution in [1.82, 2.24) is 10.3 Å². The smallest absolute Gasteiger partial charge is 0.253 e. The van der Waals surface area contributed by atoms with Crippen LogP contribution in [-0.4, -0.2) is 30.6 Å². The number of pyridine rings is 1. The van der Waals surface area contributed by atoms with E-state index in [2.05, 4.69) is 15.7 Å². The minimum Gasteiger partial charge on any atom is -0.385 e. The highest BCUT2D eigenvalue weighted by Gasteiger charge is 2.09. The summed E-state index contributed by atoms with van der Waals surface area (Å²) in [7, 11) is 1.64. The van der Waals surface area contributed by atoms with Crippen LogP contribution in [0.15, 0.2) is 18.3 Å². The van der Waals surface area contributed by atoms with Crippen molar-refractivity contribution in [1.29, 1.82) is 0 Å². The van der Waals surface area contributed by atoms with Crippen LogP contribution in [0.2, 0.25) is 0 Å². The van der Waals surface area contributed by atoms with E-state index in [1.165, 1.54) is 6.20 Å². The minimum absolute atomic E-state index is 0.0646. The number of hydrogen-bond donors (Lipinski definition) is 3. The lowest BCUT2D eigenvalue weighted by Crippen LogP contribution is -2.33. The van der Waals surface area contributed by atoms with Gasteiger partial charge >= 0.3 is 0 Å². The molecule has 6 heteroatoms. The fourth-order valence-corrected chi connectivity index (χ4v) is 1.29. The number of carbonyl (C=O) groups excluding carboxylic acids is 1. The van der Waals surface area contributed by atoms with Gasteiger partial charge in [-0.2, -0.15) is 0 Å². The van der Waals surface area contributed by atoms with Crippen molar-refractivity contribution in [3.8, 4) is 0 Å². The molecule has 1 heterocycles. The van der Waals surface area contributed by atoms with E-state index in [-0.39, 0.29) is 11.9 Å². The normalized spacial score (nSPS) is 11.9. The summed E-state index contributed by atoms with van der Waals surface area (Å²) in [5.41, 5.74) is 2.91. The van der Waals surface area contributed by atoms with Crippen molar-refractivity contribution in [3.05, 3.63) is 23.9 Å². The monoisotopic (exact) mass is 238 g/mol. The second kappa shape index (κ2) is 6.82. The van der Waals surface area contributed by atoms with Gasteiger partial charge in [-0.1, -0.05) is 0 Å². The quantitative estimate of drug-likeness (QED) is 0.496. The molecule has 0 fully saturated rings. The molecule has 0 aromatic carbocycles. The first-order chi connectivity index (χ1) is 8.17. The first-order valence-corrected chi connectivity index (χ1v) is 5.40. The van der Waals surface area contributed by atoms with Crippen molar-refractivity contribution >= 4 is 11.7 Å².